The van der Waals surface area contributed by atoms with Gasteiger partial charge in [-0.05, 0) is 48.6 Å². The van der Waals surface area contributed by atoms with Gasteiger partial charge >= 0.3 is 0 Å². The molecule has 0 aromatic heterocycles. The number of phenols is 1. The Labute approximate surface area is 174 Å². The Morgan fingerprint density at radius 1 is 1.00 bits per heavy atom. The topological polar surface area (TPSA) is 138 Å². The first-order valence-corrected chi connectivity index (χ1v) is 9.50. The predicted octanol–water partition coefficient (Wildman–Crippen LogP) is 2.13. The summed E-state index contributed by atoms with van der Waals surface area (Å²) in [4.78, 5) is 6.46. The number of nitrogens with zero attached hydrogens (tertiary/aromatic N) is 2. The van der Waals surface area contributed by atoms with Gasteiger partial charge in [0.25, 0.3) is 0 Å². The van der Waals surface area contributed by atoms with Crippen LogP contribution in [0.3, 0.4) is 0 Å². The van der Waals surface area contributed by atoms with Crippen molar-refractivity contribution in [3.8, 4) is 5.75 Å². The summed E-state index contributed by atoms with van der Waals surface area (Å²) in [5.74, 6) is 0.128. The fourth-order valence-corrected chi connectivity index (χ4v) is 3.03. The van der Waals surface area contributed by atoms with E-state index >= 15 is 0 Å². The number of anilines is 2. The molecule has 8 heteroatoms. The molecule has 0 fully saturated rings. The molecule has 0 bridgehead atoms. The molecule has 0 saturated heterocycles. The van der Waals surface area contributed by atoms with Crippen LogP contribution in [-0.2, 0) is 0 Å². The third-order valence-corrected chi connectivity index (χ3v) is 4.50. The average Bonchev–Trinajstić information content (AvgIpc) is 2.72. The summed E-state index contributed by atoms with van der Waals surface area (Å²) >= 11 is 0. The minimum atomic E-state index is -0.00288. The molecule has 0 spiro atoms. The summed E-state index contributed by atoms with van der Waals surface area (Å²) in [5, 5.41) is 39.2. The molecule has 0 atom stereocenters. The fourth-order valence-electron chi connectivity index (χ4n) is 3.03. The molecule has 30 heavy (non-hydrogen) atoms. The van der Waals surface area contributed by atoms with Crippen LogP contribution < -0.4 is 16.0 Å². The quantitative estimate of drug-likeness (QED) is 0.371. The van der Waals surface area contributed by atoms with Gasteiger partial charge in [0.05, 0.1) is 41.7 Å². The van der Waals surface area contributed by atoms with E-state index in [-0.39, 0.29) is 24.7 Å². The second kappa shape index (κ2) is 9.73. The SMILES string of the molecule is N=C1C=C(N)/C(=N\c2ccc(N(CCO)CCO)cc2)C=C1Nc1cccc(O)c1. The third-order valence-electron chi connectivity index (χ3n) is 4.50. The van der Waals surface area contributed by atoms with Crippen molar-refractivity contribution in [3.05, 3.63) is 72.1 Å². The van der Waals surface area contributed by atoms with E-state index in [0.717, 1.165) is 5.69 Å². The van der Waals surface area contributed by atoms with E-state index in [4.69, 9.17) is 11.1 Å². The number of hydrogen-bond acceptors (Lipinski definition) is 8. The van der Waals surface area contributed by atoms with E-state index in [2.05, 4.69) is 10.3 Å². The maximum atomic E-state index is 9.63. The molecular weight excluding hydrogens is 382 g/mol. The average molecular weight is 407 g/mol. The number of allylic oxidation sites excluding steroid dienone is 2. The van der Waals surface area contributed by atoms with Crippen LogP contribution in [0.25, 0.3) is 0 Å². The zero-order valence-electron chi connectivity index (χ0n) is 16.4. The van der Waals surface area contributed by atoms with Crippen molar-refractivity contribution in [1.82, 2.24) is 0 Å². The number of nitrogens with two attached hydrogens (primary N) is 1. The number of phenolic OH excluding ortho intramolecular Hbond substituents is 1. The van der Waals surface area contributed by atoms with Gasteiger partial charge in [-0.25, -0.2) is 4.99 Å². The lowest BCUT2D eigenvalue weighted by Crippen LogP contribution is -2.29. The van der Waals surface area contributed by atoms with Gasteiger partial charge < -0.3 is 31.3 Å². The van der Waals surface area contributed by atoms with Gasteiger partial charge in [-0.15, -0.1) is 0 Å². The highest BCUT2D eigenvalue weighted by molar-refractivity contribution is 6.23. The number of nitrogens with one attached hydrogen (secondary N) is 2. The minimum Gasteiger partial charge on any atom is -0.508 e. The van der Waals surface area contributed by atoms with Crippen LogP contribution in [0, 0.1) is 5.41 Å². The molecule has 156 valence electrons. The van der Waals surface area contributed by atoms with Crippen molar-refractivity contribution in [2.75, 3.05) is 36.5 Å². The van der Waals surface area contributed by atoms with Crippen molar-refractivity contribution in [2.24, 2.45) is 10.7 Å². The van der Waals surface area contributed by atoms with Crippen molar-refractivity contribution < 1.29 is 15.3 Å². The number of aliphatic imine (C=N–C) groups is 1. The van der Waals surface area contributed by atoms with Crippen LogP contribution in [0.5, 0.6) is 5.75 Å². The Kier molecular flexibility index (Phi) is 6.84. The summed E-state index contributed by atoms with van der Waals surface area (Å²) < 4.78 is 0. The van der Waals surface area contributed by atoms with Crippen LogP contribution in [0.4, 0.5) is 17.1 Å². The van der Waals surface area contributed by atoms with Crippen molar-refractivity contribution >= 4 is 28.5 Å². The Balaban J connectivity index is 1.83. The molecule has 2 aromatic carbocycles. The van der Waals surface area contributed by atoms with Crippen LogP contribution in [0.1, 0.15) is 0 Å². The van der Waals surface area contributed by atoms with E-state index in [1.54, 1.807) is 30.3 Å². The molecule has 0 aliphatic heterocycles. The molecular formula is C22H25N5O3. The number of aliphatic hydroxyl groups excluding tert-OH is 2. The molecule has 3 rings (SSSR count). The second-order valence-electron chi connectivity index (χ2n) is 6.69. The summed E-state index contributed by atoms with van der Waals surface area (Å²) in [6, 6.07) is 14.0. The van der Waals surface area contributed by atoms with E-state index < -0.39 is 0 Å². The zero-order valence-corrected chi connectivity index (χ0v) is 16.4. The Hall–Kier alpha value is -3.62. The number of aliphatic hydroxyl groups is 2. The lowest BCUT2D eigenvalue weighted by atomic mass is 10.0. The van der Waals surface area contributed by atoms with Crippen molar-refractivity contribution in [3.63, 3.8) is 0 Å². The van der Waals surface area contributed by atoms with Gasteiger partial charge in [0.2, 0.25) is 0 Å². The standard InChI is InChI=1S/C22H25N5O3/c23-19-13-20(24)22(26-16-2-1-3-18(30)12-16)14-21(19)25-15-4-6-17(7-5-15)27(8-10-28)9-11-29/h1-7,12-14,24,26,28-30H,8-11,23H2/b24-20?,25-21-. The van der Waals surface area contributed by atoms with E-state index in [1.165, 1.54) is 6.08 Å². The molecule has 2 aromatic rings. The van der Waals surface area contributed by atoms with Crippen LogP contribution in [-0.4, -0.2) is 53.0 Å². The third kappa shape index (κ3) is 5.25. The van der Waals surface area contributed by atoms with Gasteiger partial charge in [-0.2, -0.15) is 0 Å². The lowest BCUT2D eigenvalue weighted by Gasteiger charge is -2.23. The smallest absolute Gasteiger partial charge is 0.117 e. The van der Waals surface area contributed by atoms with Gasteiger partial charge in [-0.1, -0.05) is 6.07 Å². The van der Waals surface area contributed by atoms with Gasteiger partial charge in [0, 0.05) is 30.5 Å². The first kappa shape index (κ1) is 21.1. The molecule has 0 amide bonds. The van der Waals surface area contributed by atoms with Gasteiger partial charge in [0.15, 0.2) is 0 Å². The Bertz CT molecular complexity index is 990. The van der Waals surface area contributed by atoms with Crippen molar-refractivity contribution in [2.45, 2.75) is 0 Å². The number of hydrogen-bond donors (Lipinski definition) is 6. The van der Waals surface area contributed by atoms with E-state index in [9.17, 15) is 15.3 Å². The Morgan fingerprint density at radius 3 is 2.33 bits per heavy atom. The number of aromatic hydroxyl groups is 1. The van der Waals surface area contributed by atoms with Crippen LogP contribution >= 0.6 is 0 Å². The molecule has 0 radical (unpaired) electrons. The molecule has 1 aliphatic rings. The van der Waals surface area contributed by atoms with E-state index in [1.807, 2.05) is 29.2 Å². The van der Waals surface area contributed by atoms with Crippen molar-refractivity contribution in [1.29, 1.82) is 5.41 Å². The highest BCUT2D eigenvalue weighted by atomic mass is 16.3. The maximum Gasteiger partial charge on any atom is 0.117 e. The molecule has 0 unspecified atom stereocenters. The number of rotatable bonds is 8. The van der Waals surface area contributed by atoms with Gasteiger partial charge in [0.1, 0.15) is 5.75 Å². The molecule has 1 aliphatic carbocycles. The normalized spacial score (nSPS) is 15.0. The van der Waals surface area contributed by atoms with Gasteiger partial charge in [-0.3, -0.25) is 5.41 Å². The van der Waals surface area contributed by atoms with E-state index in [0.29, 0.717) is 41.6 Å². The molecule has 7 N–H and O–H groups in total. The first-order chi connectivity index (χ1) is 14.5. The predicted molar refractivity (Wildman–Crippen MR) is 120 cm³/mol. The summed E-state index contributed by atoms with van der Waals surface area (Å²) in [6.07, 6.45) is 3.22. The summed E-state index contributed by atoms with van der Waals surface area (Å²) in [7, 11) is 0. The Morgan fingerprint density at radius 2 is 1.70 bits per heavy atom. The van der Waals surface area contributed by atoms with Crippen LogP contribution in [0.15, 0.2) is 77.1 Å². The zero-order chi connectivity index (χ0) is 21.5. The maximum absolute atomic E-state index is 9.63. The first-order valence-electron chi connectivity index (χ1n) is 9.50. The lowest BCUT2D eigenvalue weighted by molar-refractivity contribution is 0.281. The summed E-state index contributed by atoms with van der Waals surface area (Å²) in [6.45, 7) is 0.853. The largest absolute Gasteiger partial charge is 0.508 e. The number of benzene rings is 2. The highest BCUT2D eigenvalue weighted by Crippen LogP contribution is 2.23. The van der Waals surface area contributed by atoms with Crippen LogP contribution in [0.2, 0.25) is 0 Å². The monoisotopic (exact) mass is 407 g/mol. The molecule has 0 saturated carbocycles. The highest BCUT2D eigenvalue weighted by Gasteiger charge is 2.15. The second-order valence-corrected chi connectivity index (χ2v) is 6.69. The molecule has 8 nitrogen and oxygen atoms in total. The minimum absolute atomic E-state index is 0.00288. The summed E-state index contributed by atoms with van der Waals surface area (Å²) in [5.41, 5.74) is 9.90. The fraction of sp³-hybridized carbons (Fsp3) is 0.182. The molecule has 0 heterocycles.